The Hall–Kier alpha value is -2.97. The highest BCUT2D eigenvalue weighted by molar-refractivity contribution is 5.93. The zero-order valence-corrected chi connectivity index (χ0v) is 19.1. The van der Waals surface area contributed by atoms with Crippen molar-refractivity contribution in [2.45, 2.75) is 33.6 Å². The number of esters is 1. The fourth-order valence-corrected chi connectivity index (χ4v) is 3.40. The molecule has 1 N–H and O–H groups in total. The highest BCUT2D eigenvalue weighted by atomic mass is 16.5. The minimum absolute atomic E-state index is 0.0732. The molecular weight excluding hydrogens is 404 g/mol. The van der Waals surface area contributed by atoms with E-state index in [2.05, 4.69) is 5.32 Å². The van der Waals surface area contributed by atoms with Crippen LogP contribution >= 0.6 is 0 Å². The summed E-state index contributed by atoms with van der Waals surface area (Å²) in [6, 6.07) is 3.17. The van der Waals surface area contributed by atoms with E-state index in [-0.39, 0.29) is 11.8 Å². The van der Waals surface area contributed by atoms with Gasteiger partial charge in [0, 0.05) is 36.3 Å². The maximum Gasteiger partial charge on any atom is 0.309 e. The normalized spacial score (nSPS) is 14.6. The molecule has 0 aromatic heterocycles. The Morgan fingerprint density at radius 2 is 1.55 bits per heavy atom. The summed E-state index contributed by atoms with van der Waals surface area (Å²) in [4.78, 5) is 38.7. The van der Waals surface area contributed by atoms with E-state index in [9.17, 15) is 14.4 Å². The van der Waals surface area contributed by atoms with Gasteiger partial charge in [0.15, 0.2) is 18.1 Å². The number of likely N-dealkylation sites (tertiary alicyclic amines) is 1. The monoisotopic (exact) mass is 436 g/mol. The Labute approximate surface area is 183 Å². The third kappa shape index (κ3) is 6.26. The lowest BCUT2D eigenvalue weighted by Gasteiger charge is -2.34. The average Bonchev–Trinajstić information content (AvgIpc) is 2.75. The van der Waals surface area contributed by atoms with Gasteiger partial charge in [-0.2, -0.15) is 0 Å². The van der Waals surface area contributed by atoms with Crippen LogP contribution in [0.25, 0.3) is 0 Å². The number of nitrogens with one attached hydrogen (secondary N) is 1. The zero-order chi connectivity index (χ0) is 23.2. The second-order valence-corrected chi connectivity index (χ2v) is 8.39. The van der Waals surface area contributed by atoms with Crippen molar-refractivity contribution in [2.75, 3.05) is 46.3 Å². The SMILES string of the molecule is COc1cc(NC(=O)COC(=O)C2CCN(C(=O)C(C)(C)C)CC2)cc(OC)c1OC. The van der Waals surface area contributed by atoms with E-state index in [1.807, 2.05) is 20.8 Å². The van der Waals surface area contributed by atoms with E-state index in [4.69, 9.17) is 18.9 Å². The van der Waals surface area contributed by atoms with Crippen molar-refractivity contribution in [3.05, 3.63) is 12.1 Å². The van der Waals surface area contributed by atoms with Crippen LogP contribution in [0.2, 0.25) is 0 Å². The van der Waals surface area contributed by atoms with Gasteiger partial charge in [0.05, 0.1) is 27.2 Å². The van der Waals surface area contributed by atoms with Crippen molar-refractivity contribution < 1.29 is 33.3 Å². The van der Waals surface area contributed by atoms with Gasteiger partial charge in [0.2, 0.25) is 11.7 Å². The molecule has 1 heterocycles. The molecule has 0 radical (unpaired) electrons. The van der Waals surface area contributed by atoms with Crippen molar-refractivity contribution in [3.63, 3.8) is 0 Å². The van der Waals surface area contributed by atoms with Crippen molar-refractivity contribution in [2.24, 2.45) is 11.3 Å². The Bertz CT molecular complexity index is 784. The number of carbonyl (C=O) groups excluding carboxylic acids is 3. The zero-order valence-electron chi connectivity index (χ0n) is 19.1. The van der Waals surface area contributed by atoms with Crippen LogP contribution in [0.5, 0.6) is 17.2 Å². The number of benzene rings is 1. The van der Waals surface area contributed by atoms with E-state index in [0.717, 1.165) is 0 Å². The molecule has 9 nitrogen and oxygen atoms in total. The number of methoxy groups -OCH3 is 3. The molecule has 2 rings (SSSR count). The highest BCUT2D eigenvalue weighted by Crippen LogP contribution is 2.39. The van der Waals surface area contributed by atoms with Gasteiger partial charge in [0.25, 0.3) is 5.91 Å². The number of hydrogen-bond acceptors (Lipinski definition) is 7. The molecule has 0 bridgehead atoms. The summed E-state index contributed by atoms with van der Waals surface area (Å²) < 4.78 is 21.0. The van der Waals surface area contributed by atoms with E-state index in [1.165, 1.54) is 21.3 Å². The number of amides is 2. The lowest BCUT2D eigenvalue weighted by Crippen LogP contribution is -2.45. The number of ether oxygens (including phenoxy) is 4. The highest BCUT2D eigenvalue weighted by Gasteiger charge is 2.33. The molecule has 1 aromatic rings. The second-order valence-electron chi connectivity index (χ2n) is 8.39. The van der Waals surface area contributed by atoms with Crippen LogP contribution in [0, 0.1) is 11.3 Å². The van der Waals surface area contributed by atoms with Crippen LogP contribution in [-0.2, 0) is 19.1 Å². The van der Waals surface area contributed by atoms with Crippen molar-refractivity contribution >= 4 is 23.5 Å². The second kappa shape index (κ2) is 10.4. The summed E-state index contributed by atoms with van der Waals surface area (Å²) in [6.45, 7) is 6.24. The molecular formula is C22H32N2O7. The molecule has 0 atom stereocenters. The van der Waals surface area contributed by atoms with Crippen LogP contribution in [0.15, 0.2) is 12.1 Å². The molecule has 2 amide bonds. The summed E-state index contributed by atoms with van der Waals surface area (Å²) in [5.41, 5.74) is -0.0253. The third-order valence-corrected chi connectivity index (χ3v) is 5.05. The quantitative estimate of drug-likeness (QED) is 0.655. The molecule has 1 fully saturated rings. The Morgan fingerprint density at radius 1 is 1.00 bits per heavy atom. The molecule has 0 aliphatic carbocycles. The minimum Gasteiger partial charge on any atom is -0.493 e. The van der Waals surface area contributed by atoms with Crippen molar-refractivity contribution in [1.82, 2.24) is 4.90 Å². The van der Waals surface area contributed by atoms with Gasteiger partial charge in [-0.3, -0.25) is 14.4 Å². The molecule has 31 heavy (non-hydrogen) atoms. The van der Waals surface area contributed by atoms with Gasteiger partial charge in [-0.25, -0.2) is 0 Å². The largest absolute Gasteiger partial charge is 0.493 e. The lowest BCUT2D eigenvalue weighted by atomic mass is 9.91. The average molecular weight is 437 g/mol. The van der Waals surface area contributed by atoms with Crippen LogP contribution in [0.3, 0.4) is 0 Å². The third-order valence-electron chi connectivity index (χ3n) is 5.05. The number of piperidine rings is 1. The summed E-state index contributed by atoms with van der Waals surface area (Å²) >= 11 is 0. The number of hydrogen-bond donors (Lipinski definition) is 1. The van der Waals surface area contributed by atoms with Gasteiger partial charge in [0.1, 0.15) is 0 Å². The summed E-state index contributed by atoms with van der Waals surface area (Å²) in [7, 11) is 4.44. The first-order valence-electron chi connectivity index (χ1n) is 10.2. The van der Waals surface area contributed by atoms with Crippen LogP contribution in [0.1, 0.15) is 33.6 Å². The Morgan fingerprint density at radius 3 is 2.00 bits per heavy atom. The number of nitrogens with zero attached hydrogens (tertiary/aromatic N) is 1. The molecule has 1 aliphatic heterocycles. The lowest BCUT2D eigenvalue weighted by molar-refractivity contribution is -0.155. The van der Waals surface area contributed by atoms with E-state index in [1.54, 1.807) is 17.0 Å². The van der Waals surface area contributed by atoms with E-state index < -0.39 is 23.9 Å². The molecule has 1 saturated heterocycles. The summed E-state index contributed by atoms with van der Waals surface area (Å²) in [6.07, 6.45) is 1.05. The standard InChI is InChI=1S/C22H32N2O7/c1-22(2,3)21(27)24-9-7-14(8-10-24)20(26)31-13-18(25)23-15-11-16(28-4)19(30-6)17(12-15)29-5/h11-12,14H,7-10,13H2,1-6H3,(H,23,25). The smallest absolute Gasteiger partial charge is 0.309 e. The first-order valence-corrected chi connectivity index (χ1v) is 10.2. The molecule has 9 heteroatoms. The number of anilines is 1. The van der Waals surface area contributed by atoms with Crippen molar-refractivity contribution in [1.29, 1.82) is 0 Å². The van der Waals surface area contributed by atoms with Gasteiger partial charge in [-0.15, -0.1) is 0 Å². The topological polar surface area (TPSA) is 103 Å². The fourth-order valence-electron chi connectivity index (χ4n) is 3.40. The molecule has 0 spiro atoms. The van der Waals surface area contributed by atoms with E-state index in [0.29, 0.717) is 48.9 Å². The maximum atomic E-state index is 12.4. The Balaban J connectivity index is 1.87. The van der Waals surface area contributed by atoms with Crippen LogP contribution in [-0.4, -0.2) is 63.7 Å². The predicted octanol–water partition coefficient (Wildman–Crippen LogP) is 2.48. The molecule has 1 aliphatic rings. The number of rotatable bonds is 7. The van der Waals surface area contributed by atoms with Gasteiger partial charge in [-0.05, 0) is 12.8 Å². The summed E-state index contributed by atoms with van der Waals surface area (Å²) in [5, 5.41) is 2.65. The maximum absolute atomic E-state index is 12.4. The van der Waals surface area contributed by atoms with Crippen molar-refractivity contribution in [3.8, 4) is 17.2 Å². The first kappa shape index (κ1) is 24.3. The van der Waals surface area contributed by atoms with Gasteiger partial charge >= 0.3 is 5.97 Å². The van der Waals surface area contributed by atoms with Crippen LogP contribution in [0.4, 0.5) is 5.69 Å². The summed E-state index contributed by atoms with van der Waals surface area (Å²) in [5.74, 6) is 0.0371. The fraction of sp³-hybridized carbons (Fsp3) is 0.591. The first-order chi connectivity index (χ1) is 14.6. The van der Waals surface area contributed by atoms with Gasteiger partial charge in [-0.1, -0.05) is 20.8 Å². The predicted molar refractivity (Wildman–Crippen MR) is 114 cm³/mol. The molecule has 172 valence electrons. The minimum atomic E-state index is -0.483. The van der Waals surface area contributed by atoms with Crippen LogP contribution < -0.4 is 19.5 Å². The Kier molecular flexibility index (Phi) is 8.13. The van der Waals surface area contributed by atoms with E-state index >= 15 is 0 Å². The molecule has 0 saturated carbocycles. The molecule has 0 unspecified atom stereocenters. The molecule has 1 aromatic carbocycles. The van der Waals surface area contributed by atoms with Gasteiger partial charge < -0.3 is 29.2 Å². The number of carbonyl (C=O) groups is 3.